The SMILES string of the molecule is O=C(CSc1ccccc1)Nc1ccc(S(=O)(=O)Nc2ccccc2Cl)cc1. The van der Waals surface area contributed by atoms with Crippen LogP contribution in [0.25, 0.3) is 0 Å². The molecule has 0 aliphatic rings. The molecule has 28 heavy (non-hydrogen) atoms. The third kappa shape index (κ3) is 5.51. The van der Waals surface area contributed by atoms with E-state index in [-0.39, 0.29) is 16.6 Å². The number of hydrogen-bond acceptors (Lipinski definition) is 4. The van der Waals surface area contributed by atoms with Crippen molar-refractivity contribution in [2.45, 2.75) is 9.79 Å². The molecule has 0 atom stereocenters. The van der Waals surface area contributed by atoms with Crippen LogP contribution >= 0.6 is 23.4 Å². The third-order valence-corrected chi connectivity index (χ3v) is 6.40. The number of halogens is 1. The zero-order chi connectivity index (χ0) is 20.0. The summed E-state index contributed by atoms with van der Waals surface area (Å²) >= 11 is 7.43. The van der Waals surface area contributed by atoms with Crippen LogP contribution in [0.1, 0.15) is 0 Å². The minimum atomic E-state index is -3.78. The Kier molecular flexibility index (Phi) is 6.61. The molecule has 0 fully saturated rings. The summed E-state index contributed by atoms with van der Waals surface area (Å²) in [7, 11) is -3.78. The molecule has 3 rings (SSSR count). The van der Waals surface area contributed by atoms with Crippen molar-refractivity contribution in [2.24, 2.45) is 0 Å². The minimum absolute atomic E-state index is 0.0732. The molecule has 1 amide bonds. The molecule has 0 bridgehead atoms. The van der Waals surface area contributed by atoms with Gasteiger partial charge < -0.3 is 5.32 Å². The first kappa shape index (κ1) is 20.3. The average Bonchev–Trinajstić information content (AvgIpc) is 2.69. The number of benzene rings is 3. The molecule has 0 unspecified atom stereocenters. The van der Waals surface area contributed by atoms with Gasteiger partial charge in [-0.2, -0.15) is 0 Å². The molecule has 8 heteroatoms. The van der Waals surface area contributed by atoms with Gasteiger partial charge in [-0.1, -0.05) is 41.9 Å². The zero-order valence-electron chi connectivity index (χ0n) is 14.6. The Hall–Kier alpha value is -2.48. The number of hydrogen-bond donors (Lipinski definition) is 2. The highest BCUT2D eigenvalue weighted by Crippen LogP contribution is 2.24. The monoisotopic (exact) mass is 432 g/mol. The van der Waals surface area contributed by atoms with Gasteiger partial charge in [-0.05, 0) is 48.5 Å². The van der Waals surface area contributed by atoms with E-state index in [1.54, 1.807) is 36.4 Å². The summed E-state index contributed by atoms with van der Waals surface area (Å²) < 4.78 is 27.4. The van der Waals surface area contributed by atoms with Crippen LogP contribution in [0.5, 0.6) is 0 Å². The van der Waals surface area contributed by atoms with E-state index in [9.17, 15) is 13.2 Å². The second-order valence-corrected chi connectivity index (χ2v) is 8.90. The lowest BCUT2D eigenvalue weighted by atomic mass is 10.3. The fourth-order valence-electron chi connectivity index (χ4n) is 2.33. The molecule has 2 N–H and O–H groups in total. The second kappa shape index (κ2) is 9.14. The van der Waals surface area contributed by atoms with E-state index < -0.39 is 10.0 Å². The van der Waals surface area contributed by atoms with Gasteiger partial charge in [-0.15, -0.1) is 11.8 Å². The van der Waals surface area contributed by atoms with Crippen LogP contribution in [-0.4, -0.2) is 20.1 Å². The van der Waals surface area contributed by atoms with Crippen molar-refractivity contribution in [1.29, 1.82) is 0 Å². The lowest BCUT2D eigenvalue weighted by Crippen LogP contribution is -2.15. The van der Waals surface area contributed by atoms with Crippen molar-refractivity contribution in [1.82, 2.24) is 0 Å². The van der Waals surface area contributed by atoms with Crippen molar-refractivity contribution in [3.8, 4) is 0 Å². The summed E-state index contributed by atoms with van der Waals surface area (Å²) in [5, 5.41) is 3.06. The molecule has 0 saturated carbocycles. The Morgan fingerprint density at radius 3 is 2.21 bits per heavy atom. The van der Waals surface area contributed by atoms with E-state index >= 15 is 0 Å². The van der Waals surface area contributed by atoms with Gasteiger partial charge in [-0.3, -0.25) is 9.52 Å². The van der Waals surface area contributed by atoms with Crippen molar-refractivity contribution in [3.63, 3.8) is 0 Å². The van der Waals surface area contributed by atoms with Crippen LogP contribution in [0.4, 0.5) is 11.4 Å². The maximum absolute atomic E-state index is 12.5. The highest BCUT2D eigenvalue weighted by atomic mass is 35.5. The number of nitrogens with one attached hydrogen (secondary N) is 2. The van der Waals surface area contributed by atoms with Gasteiger partial charge in [0.2, 0.25) is 5.91 Å². The first-order chi connectivity index (χ1) is 13.4. The Morgan fingerprint density at radius 2 is 1.54 bits per heavy atom. The average molecular weight is 433 g/mol. The molecule has 3 aromatic carbocycles. The third-order valence-electron chi connectivity index (χ3n) is 3.68. The normalized spacial score (nSPS) is 11.0. The molecule has 3 aromatic rings. The molecular formula is C20H17ClN2O3S2. The quantitative estimate of drug-likeness (QED) is 0.522. The number of carbonyl (C=O) groups is 1. The molecular weight excluding hydrogens is 416 g/mol. The molecule has 0 spiro atoms. The van der Waals surface area contributed by atoms with E-state index in [1.807, 2.05) is 30.3 Å². The van der Waals surface area contributed by atoms with E-state index in [4.69, 9.17) is 11.6 Å². The van der Waals surface area contributed by atoms with Crippen molar-refractivity contribution in [2.75, 3.05) is 15.8 Å². The van der Waals surface area contributed by atoms with Gasteiger partial charge in [-0.25, -0.2) is 8.42 Å². The lowest BCUT2D eigenvalue weighted by molar-refractivity contribution is -0.113. The summed E-state index contributed by atoms with van der Waals surface area (Å²) in [5.74, 6) is 0.0941. The summed E-state index contributed by atoms with van der Waals surface area (Å²) in [5.41, 5.74) is 0.829. The Morgan fingerprint density at radius 1 is 0.893 bits per heavy atom. The van der Waals surface area contributed by atoms with Crippen LogP contribution in [-0.2, 0) is 14.8 Å². The van der Waals surface area contributed by atoms with Crippen molar-refractivity contribution in [3.05, 3.63) is 83.9 Å². The van der Waals surface area contributed by atoms with Gasteiger partial charge in [0.1, 0.15) is 0 Å². The van der Waals surface area contributed by atoms with Crippen molar-refractivity contribution < 1.29 is 13.2 Å². The number of rotatable bonds is 7. The molecule has 144 valence electrons. The number of carbonyl (C=O) groups excluding carboxylic acids is 1. The van der Waals surface area contributed by atoms with Gasteiger partial charge in [0.25, 0.3) is 10.0 Å². The largest absolute Gasteiger partial charge is 0.325 e. The van der Waals surface area contributed by atoms with Gasteiger partial charge in [0.05, 0.1) is 21.4 Å². The molecule has 0 heterocycles. The predicted molar refractivity (Wildman–Crippen MR) is 114 cm³/mol. The maximum atomic E-state index is 12.5. The Labute approximate surface area is 173 Å². The first-order valence-electron chi connectivity index (χ1n) is 8.29. The molecule has 5 nitrogen and oxygen atoms in total. The number of para-hydroxylation sites is 1. The number of amides is 1. The van der Waals surface area contributed by atoms with Crippen LogP contribution in [0.15, 0.2) is 88.7 Å². The second-order valence-electron chi connectivity index (χ2n) is 5.76. The van der Waals surface area contributed by atoms with Gasteiger partial charge in [0, 0.05) is 10.6 Å². The first-order valence-corrected chi connectivity index (χ1v) is 11.1. The fraction of sp³-hybridized carbons (Fsp3) is 0.0500. The Balaban J connectivity index is 1.61. The minimum Gasteiger partial charge on any atom is -0.325 e. The summed E-state index contributed by atoms with van der Waals surface area (Å²) in [6, 6.07) is 22.2. The topological polar surface area (TPSA) is 75.3 Å². The zero-order valence-corrected chi connectivity index (χ0v) is 17.0. The smallest absolute Gasteiger partial charge is 0.261 e. The molecule has 0 aromatic heterocycles. The Bertz CT molecular complexity index is 1060. The van der Waals surface area contributed by atoms with Crippen molar-refractivity contribution >= 4 is 50.7 Å². The van der Waals surface area contributed by atoms with E-state index in [0.717, 1.165) is 4.90 Å². The van der Waals surface area contributed by atoms with Crippen LogP contribution < -0.4 is 10.0 Å². The van der Waals surface area contributed by atoms with Crippen LogP contribution in [0.2, 0.25) is 5.02 Å². The fourth-order valence-corrected chi connectivity index (χ4v) is 4.37. The predicted octanol–water partition coefficient (Wildman–Crippen LogP) is 4.87. The molecule has 0 aliphatic heterocycles. The highest BCUT2D eigenvalue weighted by Gasteiger charge is 2.15. The van der Waals surface area contributed by atoms with Gasteiger partial charge >= 0.3 is 0 Å². The van der Waals surface area contributed by atoms with E-state index in [0.29, 0.717) is 16.4 Å². The number of anilines is 2. The molecule has 0 saturated heterocycles. The number of sulfonamides is 1. The molecule has 0 radical (unpaired) electrons. The van der Waals surface area contributed by atoms with Crippen LogP contribution in [0.3, 0.4) is 0 Å². The van der Waals surface area contributed by atoms with E-state index in [1.165, 1.54) is 23.9 Å². The maximum Gasteiger partial charge on any atom is 0.261 e. The van der Waals surface area contributed by atoms with Crippen LogP contribution in [0, 0.1) is 0 Å². The standard InChI is InChI=1S/C20H17ClN2O3S2/c21-18-8-4-5-9-19(18)23-28(25,26)17-12-10-15(11-13-17)22-20(24)14-27-16-6-2-1-3-7-16/h1-13,23H,14H2,(H,22,24). The summed E-state index contributed by atoms with van der Waals surface area (Å²) in [6.45, 7) is 0. The highest BCUT2D eigenvalue weighted by molar-refractivity contribution is 8.00. The van der Waals surface area contributed by atoms with Gasteiger partial charge in [0.15, 0.2) is 0 Å². The summed E-state index contributed by atoms with van der Waals surface area (Å²) in [4.78, 5) is 13.1. The number of thioether (sulfide) groups is 1. The molecule has 0 aliphatic carbocycles. The lowest BCUT2D eigenvalue weighted by Gasteiger charge is -2.10. The van der Waals surface area contributed by atoms with E-state index in [2.05, 4.69) is 10.0 Å². The summed E-state index contributed by atoms with van der Waals surface area (Å²) in [6.07, 6.45) is 0.